The number of benzene rings is 2. The number of hydrogen-bond donors (Lipinski definition) is 2. The summed E-state index contributed by atoms with van der Waals surface area (Å²) in [4.78, 5) is 38.1. The van der Waals surface area contributed by atoms with E-state index in [0.717, 1.165) is 35.5 Å². The standard InChI is InChI=1S/C36H41N3O3S/c1-22(2)26-19-30(43-21-26)36(14-15-36)34-37-29-13-8-16-39(20-28(29)32(41)38-34)33(42)31(40)25-11-6-9-23(17-25)24-10-7-12-27(18-24)35(3,4)5/h6-7,9-12,17-19,21-22,31,40H,8,13-16,20H2,1-5H3,(H,37,38,41). The second kappa shape index (κ2) is 11.2. The maximum atomic E-state index is 13.6. The highest BCUT2D eigenvalue weighted by atomic mass is 32.1. The number of H-pyrrole nitrogens is 1. The summed E-state index contributed by atoms with van der Waals surface area (Å²) in [6, 6.07) is 18.2. The summed E-state index contributed by atoms with van der Waals surface area (Å²) in [7, 11) is 0. The number of thiophene rings is 1. The Morgan fingerprint density at radius 2 is 1.77 bits per heavy atom. The Morgan fingerprint density at radius 1 is 1.05 bits per heavy atom. The minimum absolute atomic E-state index is 0.0140. The van der Waals surface area contributed by atoms with Crippen molar-refractivity contribution >= 4 is 17.2 Å². The van der Waals surface area contributed by atoms with Crippen LogP contribution in [0.4, 0.5) is 0 Å². The van der Waals surface area contributed by atoms with E-state index in [1.165, 1.54) is 16.0 Å². The monoisotopic (exact) mass is 595 g/mol. The van der Waals surface area contributed by atoms with Gasteiger partial charge in [-0.15, -0.1) is 11.3 Å². The van der Waals surface area contributed by atoms with Crippen LogP contribution in [0.1, 0.15) is 105 Å². The van der Waals surface area contributed by atoms with E-state index < -0.39 is 12.0 Å². The largest absolute Gasteiger partial charge is 0.378 e. The van der Waals surface area contributed by atoms with Crippen LogP contribution in [0.2, 0.25) is 0 Å². The van der Waals surface area contributed by atoms with Crippen molar-refractivity contribution in [2.24, 2.45) is 0 Å². The lowest BCUT2D eigenvalue weighted by Gasteiger charge is -2.24. The van der Waals surface area contributed by atoms with Gasteiger partial charge in [0, 0.05) is 11.4 Å². The summed E-state index contributed by atoms with van der Waals surface area (Å²) in [5, 5.41) is 13.5. The van der Waals surface area contributed by atoms with E-state index in [0.29, 0.717) is 36.4 Å². The minimum Gasteiger partial charge on any atom is -0.378 e. The predicted octanol–water partition coefficient (Wildman–Crippen LogP) is 7.01. The highest BCUT2D eigenvalue weighted by Crippen LogP contribution is 2.54. The number of aliphatic hydroxyl groups excluding tert-OH is 1. The maximum Gasteiger partial charge on any atom is 0.256 e. The molecule has 2 N–H and O–H groups in total. The third-order valence-electron chi connectivity index (χ3n) is 9.06. The SMILES string of the molecule is CC(C)c1csc(C2(c3nc4c(c(=O)[nH]3)CN(C(=O)C(O)c3cccc(-c5cccc(C(C)(C)C)c5)c3)CCC4)CC2)c1. The van der Waals surface area contributed by atoms with Gasteiger partial charge in [0.25, 0.3) is 11.5 Å². The molecule has 224 valence electrons. The van der Waals surface area contributed by atoms with Crippen molar-refractivity contribution in [2.75, 3.05) is 6.54 Å². The first-order valence-electron chi connectivity index (χ1n) is 15.4. The lowest BCUT2D eigenvalue weighted by Crippen LogP contribution is -2.36. The molecule has 1 fully saturated rings. The van der Waals surface area contributed by atoms with E-state index in [9.17, 15) is 14.7 Å². The third kappa shape index (κ3) is 5.73. The normalized spacial score (nSPS) is 17.0. The van der Waals surface area contributed by atoms with Crippen molar-refractivity contribution in [3.63, 3.8) is 0 Å². The number of aromatic nitrogens is 2. The number of aromatic amines is 1. The topological polar surface area (TPSA) is 86.3 Å². The highest BCUT2D eigenvalue weighted by molar-refractivity contribution is 7.10. The van der Waals surface area contributed by atoms with Crippen molar-refractivity contribution in [1.82, 2.24) is 14.9 Å². The zero-order chi connectivity index (χ0) is 30.5. The summed E-state index contributed by atoms with van der Waals surface area (Å²) in [5.74, 6) is 0.816. The molecule has 3 heterocycles. The van der Waals surface area contributed by atoms with Crippen molar-refractivity contribution in [2.45, 2.75) is 89.7 Å². The van der Waals surface area contributed by atoms with Gasteiger partial charge >= 0.3 is 0 Å². The molecule has 1 aliphatic carbocycles. The molecule has 1 aliphatic heterocycles. The molecule has 2 aromatic carbocycles. The molecule has 1 unspecified atom stereocenters. The lowest BCUT2D eigenvalue weighted by molar-refractivity contribution is -0.141. The number of rotatable bonds is 6. The van der Waals surface area contributed by atoms with E-state index in [2.05, 4.69) is 69.2 Å². The fourth-order valence-corrected chi connectivity index (χ4v) is 7.37. The van der Waals surface area contributed by atoms with Gasteiger partial charge in [0.2, 0.25) is 0 Å². The zero-order valence-corrected chi connectivity index (χ0v) is 26.6. The molecular weight excluding hydrogens is 554 g/mol. The predicted molar refractivity (Wildman–Crippen MR) is 173 cm³/mol. The third-order valence-corrected chi connectivity index (χ3v) is 10.2. The lowest BCUT2D eigenvalue weighted by atomic mass is 9.85. The highest BCUT2D eigenvalue weighted by Gasteiger charge is 2.50. The summed E-state index contributed by atoms with van der Waals surface area (Å²) >= 11 is 1.75. The fourth-order valence-electron chi connectivity index (χ4n) is 6.03. The Balaban J connectivity index is 1.23. The molecule has 6 rings (SSSR count). The summed E-state index contributed by atoms with van der Waals surface area (Å²) < 4.78 is 0. The zero-order valence-electron chi connectivity index (χ0n) is 25.7. The first-order valence-corrected chi connectivity index (χ1v) is 16.2. The molecule has 43 heavy (non-hydrogen) atoms. The Labute approximate surface area is 257 Å². The Bertz CT molecular complexity index is 1720. The number of hydrogen-bond acceptors (Lipinski definition) is 5. The van der Waals surface area contributed by atoms with Gasteiger partial charge in [0.1, 0.15) is 5.82 Å². The maximum absolute atomic E-state index is 13.6. The Morgan fingerprint density at radius 3 is 2.44 bits per heavy atom. The molecule has 1 atom stereocenters. The fraction of sp³-hybridized carbons (Fsp3) is 0.417. The van der Waals surface area contributed by atoms with Crippen molar-refractivity contribution in [3.8, 4) is 11.1 Å². The van der Waals surface area contributed by atoms with Crippen LogP contribution in [0.25, 0.3) is 11.1 Å². The van der Waals surface area contributed by atoms with Crippen molar-refractivity contribution in [1.29, 1.82) is 0 Å². The van der Waals surface area contributed by atoms with Gasteiger partial charge in [0.15, 0.2) is 6.10 Å². The van der Waals surface area contributed by atoms with Crippen LogP contribution in [0.3, 0.4) is 0 Å². The van der Waals surface area contributed by atoms with Crippen molar-refractivity contribution in [3.05, 3.63) is 109 Å². The first-order chi connectivity index (χ1) is 20.5. The van der Waals surface area contributed by atoms with E-state index >= 15 is 0 Å². The van der Waals surface area contributed by atoms with Crippen LogP contribution in [-0.4, -0.2) is 32.4 Å². The minimum atomic E-state index is -1.32. The number of nitrogens with one attached hydrogen (secondary N) is 1. The number of carbonyl (C=O) groups excluding carboxylic acids is 1. The van der Waals surface area contributed by atoms with Gasteiger partial charge in [-0.3, -0.25) is 9.59 Å². The summed E-state index contributed by atoms with van der Waals surface area (Å²) in [5.41, 5.74) is 6.01. The molecular formula is C36H41N3O3S. The molecule has 2 aromatic heterocycles. The first kappa shape index (κ1) is 29.5. The average Bonchev–Trinajstić information content (AvgIpc) is 3.70. The molecule has 0 saturated heterocycles. The molecule has 1 amide bonds. The molecule has 7 heteroatoms. The van der Waals surface area contributed by atoms with Gasteiger partial charge in [-0.1, -0.05) is 77.1 Å². The van der Waals surface area contributed by atoms with Crippen LogP contribution in [0.15, 0.2) is 64.8 Å². The van der Waals surface area contributed by atoms with Crippen molar-refractivity contribution < 1.29 is 9.90 Å². The Kier molecular flexibility index (Phi) is 7.68. The summed E-state index contributed by atoms with van der Waals surface area (Å²) in [6.07, 6.45) is 1.95. The van der Waals surface area contributed by atoms with Crippen LogP contribution >= 0.6 is 11.3 Å². The van der Waals surface area contributed by atoms with Crippen LogP contribution in [0.5, 0.6) is 0 Å². The molecule has 0 spiro atoms. The molecule has 0 bridgehead atoms. The summed E-state index contributed by atoms with van der Waals surface area (Å²) in [6.45, 7) is 11.5. The van der Waals surface area contributed by atoms with Gasteiger partial charge in [-0.2, -0.15) is 0 Å². The van der Waals surface area contributed by atoms with Crippen LogP contribution in [0, 0.1) is 0 Å². The van der Waals surface area contributed by atoms with Gasteiger partial charge in [-0.25, -0.2) is 4.98 Å². The number of nitrogens with zero attached hydrogens (tertiary/aromatic N) is 2. The average molecular weight is 596 g/mol. The molecule has 2 aliphatic rings. The van der Waals surface area contributed by atoms with Crippen LogP contribution < -0.4 is 5.56 Å². The number of carbonyl (C=O) groups is 1. The number of amides is 1. The number of fused-ring (bicyclic) bond motifs is 1. The quantitative estimate of drug-likeness (QED) is 0.251. The van der Waals surface area contributed by atoms with Gasteiger partial charge in [-0.05, 0) is 82.3 Å². The van der Waals surface area contributed by atoms with Gasteiger partial charge < -0.3 is 15.0 Å². The molecule has 6 nitrogen and oxygen atoms in total. The van der Waals surface area contributed by atoms with E-state index in [4.69, 9.17) is 4.98 Å². The smallest absolute Gasteiger partial charge is 0.256 e. The number of aryl methyl sites for hydroxylation is 1. The van der Waals surface area contributed by atoms with Gasteiger partial charge in [0.05, 0.1) is 23.2 Å². The van der Waals surface area contributed by atoms with E-state index in [-0.39, 0.29) is 22.9 Å². The second-order valence-electron chi connectivity index (χ2n) is 13.5. The Hall–Kier alpha value is -3.55. The molecule has 0 radical (unpaired) electrons. The molecule has 4 aromatic rings. The van der Waals surface area contributed by atoms with E-state index in [1.54, 1.807) is 22.3 Å². The second-order valence-corrected chi connectivity index (χ2v) is 14.5. The number of aliphatic hydroxyl groups is 1. The van der Waals surface area contributed by atoms with Crippen LogP contribution in [-0.2, 0) is 28.6 Å². The molecule has 1 saturated carbocycles. The van der Waals surface area contributed by atoms with E-state index in [1.807, 2.05) is 24.3 Å².